The molecule has 5 nitrogen and oxygen atoms in total. The predicted octanol–water partition coefficient (Wildman–Crippen LogP) is 1.91. The van der Waals surface area contributed by atoms with Crippen LogP contribution in [0, 0.1) is 0 Å². The molecule has 2 heterocycles. The minimum Gasteiger partial charge on any atom is -0.385 e. The smallest absolute Gasteiger partial charge is 0.252 e. The zero-order valence-corrected chi connectivity index (χ0v) is 11.4. The van der Waals surface area contributed by atoms with E-state index < -0.39 is 0 Å². The number of aromatic nitrogens is 2. The van der Waals surface area contributed by atoms with Gasteiger partial charge >= 0.3 is 0 Å². The van der Waals surface area contributed by atoms with Gasteiger partial charge in [0.05, 0.1) is 17.0 Å². The molecule has 0 unspecified atom stereocenters. The van der Waals surface area contributed by atoms with E-state index in [1.807, 2.05) is 18.2 Å². The predicted molar refractivity (Wildman–Crippen MR) is 76.3 cm³/mol. The lowest BCUT2D eigenvalue weighted by Crippen LogP contribution is -2.25. The quantitative estimate of drug-likeness (QED) is 0.815. The molecule has 0 aliphatic rings. The maximum absolute atomic E-state index is 11.8. The molecule has 0 atom stereocenters. The number of amides is 1. The summed E-state index contributed by atoms with van der Waals surface area (Å²) in [5, 5.41) is 2.82. The lowest BCUT2D eigenvalue weighted by Gasteiger charge is -2.05. The number of nitrogens with one attached hydrogen (secondary N) is 1. The molecule has 0 bridgehead atoms. The summed E-state index contributed by atoms with van der Waals surface area (Å²) in [6.07, 6.45) is 4.07. The number of ether oxygens (including phenoxy) is 1. The Balaban J connectivity index is 1.96. The molecule has 0 aliphatic heterocycles. The molecule has 0 aliphatic carbocycles. The zero-order valence-electron chi connectivity index (χ0n) is 11.4. The van der Waals surface area contributed by atoms with Gasteiger partial charge in [0.25, 0.3) is 5.91 Å². The Labute approximate surface area is 118 Å². The van der Waals surface area contributed by atoms with E-state index >= 15 is 0 Å². The van der Waals surface area contributed by atoms with Crippen molar-refractivity contribution in [3.8, 4) is 11.4 Å². The van der Waals surface area contributed by atoms with Crippen LogP contribution in [0.15, 0.2) is 42.7 Å². The van der Waals surface area contributed by atoms with Crippen LogP contribution in [0.5, 0.6) is 0 Å². The number of carbonyl (C=O) groups is 1. The van der Waals surface area contributed by atoms with Gasteiger partial charge in [-0.15, -0.1) is 0 Å². The highest BCUT2D eigenvalue weighted by Crippen LogP contribution is 2.13. The van der Waals surface area contributed by atoms with Crippen molar-refractivity contribution >= 4 is 5.91 Å². The summed E-state index contributed by atoms with van der Waals surface area (Å²) >= 11 is 0. The van der Waals surface area contributed by atoms with Crippen LogP contribution in [-0.2, 0) is 4.74 Å². The Kier molecular flexibility index (Phi) is 5.20. The molecule has 1 N–H and O–H groups in total. The molecule has 0 saturated heterocycles. The number of nitrogens with zero attached hydrogens (tertiary/aromatic N) is 2. The van der Waals surface area contributed by atoms with Gasteiger partial charge in [0, 0.05) is 32.7 Å². The first-order chi connectivity index (χ1) is 9.81. The Morgan fingerprint density at radius 2 is 2.05 bits per heavy atom. The van der Waals surface area contributed by atoms with E-state index in [1.54, 1.807) is 31.6 Å². The van der Waals surface area contributed by atoms with Crippen molar-refractivity contribution in [3.05, 3.63) is 48.3 Å². The molecular weight excluding hydrogens is 254 g/mol. The summed E-state index contributed by atoms with van der Waals surface area (Å²) in [7, 11) is 1.64. The molecule has 20 heavy (non-hydrogen) atoms. The van der Waals surface area contributed by atoms with E-state index in [0.29, 0.717) is 18.7 Å². The van der Waals surface area contributed by atoms with Crippen molar-refractivity contribution in [2.45, 2.75) is 6.42 Å². The second-order valence-corrected chi connectivity index (χ2v) is 4.25. The second kappa shape index (κ2) is 7.35. The molecule has 2 aromatic heterocycles. The molecule has 2 rings (SSSR count). The summed E-state index contributed by atoms with van der Waals surface area (Å²) in [6, 6.07) is 9.19. The average molecular weight is 271 g/mol. The SMILES string of the molecule is COCCCNC(=O)c1ccc(-c2ccccn2)nc1. The van der Waals surface area contributed by atoms with Crippen molar-refractivity contribution in [1.29, 1.82) is 0 Å². The van der Waals surface area contributed by atoms with Crippen LogP contribution in [0.1, 0.15) is 16.8 Å². The molecular formula is C15H17N3O2. The number of hydrogen-bond acceptors (Lipinski definition) is 4. The Morgan fingerprint density at radius 3 is 2.70 bits per heavy atom. The van der Waals surface area contributed by atoms with Crippen molar-refractivity contribution < 1.29 is 9.53 Å². The van der Waals surface area contributed by atoms with Gasteiger partial charge in [-0.3, -0.25) is 14.8 Å². The summed E-state index contributed by atoms with van der Waals surface area (Å²) in [5.74, 6) is -0.124. The van der Waals surface area contributed by atoms with Crippen LogP contribution in [-0.4, -0.2) is 36.1 Å². The van der Waals surface area contributed by atoms with Crippen molar-refractivity contribution in [2.24, 2.45) is 0 Å². The highest BCUT2D eigenvalue weighted by Gasteiger charge is 2.06. The van der Waals surface area contributed by atoms with Gasteiger partial charge in [-0.05, 0) is 30.7 Å². The summed E-state index contributed by atoms with van der Waals surface area (Å²) < 4.78 is 4.92. The van der Waals surface area contributed by atoms with Gasteiger partial charge in [-0.25, -0.2) is 0 Å². The fourth-order valence-corrected chi connectivity index (χ4v) is 1.71. The van der Waals surface area contributed by atoms with E-state index in [2.05, 4.69) is 15.3 Å². The molecule has 1 amide bonds. The van der Waals surface area contributed by atoms with Crippen LogP contribution in [0.25, 0.3) is 11.4 Å². The Hall–Kier alpha value is -2.27. The third-order valence-electron chi connectivity index (χ3n) is 2.76. The fourth-order valence-electron chi connectivity index (χ4n) is 1.71. The van der Waals surface area contributed by atoms with E-state index in [-0.39, 0.29) is 5.91 Å². The minimum atomic E-state index is -0.124. The van der Waals surface area contributed by atoms with Crippen molar-refractivity contribution in [3.63, 3.8) is 0 Å². The van der Waals surface area contributed by atoms with Crippen LogP contribution in [0.3, 0.4) is 0 Å². The van der Waals surface area contributed by atoms with Gasteiger partial charge in [0.15, 0.2) is 0 Å². The number of rotatable bonds is 6. The highest BCUT2D eigenvalue weighted by atomic mass is 16.5. The van der Waals surface area contributed by atoms with E-state index in [9.17, 15) is 4.79 Å². The molecule has 2 aromatic rings. The van der Waals surface area contributed by atoms with Crippen molar-refractivity contribution in [2.75, 3.05) is 20.3 Å². The lowest BCUT2D eigenvalue weighted by molar-refractivity contribution is 0.0948. The van der Waals surface area contributed by atoms with Crippen molar-refractivity contribution in [1.82, 2.24) is 15.3 Å². The monoisotopic (exact) mass is 271 g/mol. The maximum Gasteiger partial charge on any atom is 0.252 e. The summed E-state index contributed by atoms with van der Waals surface area (Å²) in [6.45, 7) is 1.23. The third-order valence-corrected chi connectivity index (χ3v) is 2.76. The van der Waals surface area contributed by atoms with Crippen LogP contribution in [0.4, 0.5) is 0 Å². The standard InChI is InChI=1S/C15H17N3O2/c1-20-10-4-9-17-15(19)12-6-7-14(18-11-12)13-5-2-3-8-16-13/h2-3,5-8,11H,4,9-10H2,1H3,(H,17,19). The second-order valence-electron chi connectivity index (χ2n) is 4.25. The van der Waals surface area contributed by atoms with Gasteiger partial charge in [-0.1, -0.05) is 6.07 Å². The number of pyridine rings is 2. The molecule has 0 fully saturated rings. The summed E-state index contributed by atoms with van der Waals surface area (Å²) in [5.41, 5.74) is 2.09. The number of carbonyl (C=O) groups excluding carboxylic acids is 1. The zero-order chi connectivity index (χ0) is 14.2. The van der Waals surface area contributed by atoms with Crippen LogP contribution >= 0.6 is 0 Å². The van der Waals surface area contributed by atoms with Crippen LogP contribution < -0.4 is 5.32 Å². The minimum absolute atomic E-state index is 0.124. The molecule has 0 radical (unpaired) electrons. The first-order valence-corrected chi connectivity index (χ1v) is 6.46. The lowest BCUT2D eigenvalue weighted by atomic mass is 10.2. The maximum atomic E-state index is 11.8. The summed E-state index contributed by atoms with van der Waals surface area (Å²) in [4.78, 5) is 20.3. The molecule has 0 aromatic carbocycles. The third kappa shape index (κ3) is 3.86. The highest BCUT2D eigenvalue weighted by molar-refractivity contribution is 5.94. The fraction of sp³-hybridized carbons (Fsp3) is 0.267. The Morgan fingerprint density at radius 1 is 1.20 bits per heavy atom. The molecule has 0 spiro atoms. The largest absolute Gasteiger partial charge is 0.385 e. The molecule has 104 valence electrons. The Bertz CT molecular complexity index is 541. The molecule has 0 saturated carbocycles. The van der Waals surface area contributed by atoms with Gasteiger partial charge in [0.1, 0.15) is 0 Å². The first kappa shape index (κ1) is 14.1. The average Bonchev–Trinajstić information content (AvgIpc) is 2.52. The van der Waals surface area contributed by atoms with E-state index in [1.165, 1.54) is 0 Å². The number of methoxy groups -OCH3 is 1. The van der Waals surface area contributed by atoms with Crippen LogP contribution in [0.2, 0.25) is 0 Å². The normalized spacial score (nSPS) is 10.2. The first-order valence-electron chi connectivity index (χ1n) is 6.46. The van der Waals surface area contributed by atoms with Gasteiger partial charge in [-0.2, -0.15) is 0 Å². The van der Waals surface area contributed by atoms with Gasteiger partial charge in [0.2, 0.25) is 0 Å². The topological polar surface area (TPSA) is 64.1 Å². The van der Waals surface area contributed by atoms with E-state index in [4.69, 9.17) is 4.74 Å². The molecule has 5 heteroatoms. The van der Waals surface area contributed by atoms with Gasteiger partial charge < -0.3 is 10.1 Å². The number of hydrogen-bond donors (Lipinski definition) is 1. The van der Waals surface area contributed by atoms with E-state index in [0.717, 1.165) is 17.8 Å².